The summed E-state index contributed by atoms with van der Waals surface area (Å²) in [5, 5.41) is 12.6. The molecule has 3 rings (SSSR count). The van der Waals surface area contributed by atoms with Gasteiger partial charge in [-0.2, -0.15) is 0 Å². The first-order valence-corrected chi connectivity index (χ1v) is 7.90. The number of rotatable bonds is 5. The zero-order chi connectivity index (χ0) is 16.1. The monoisotopic (exact) mass is 314 g/mol. The Morgan fingerprint density at radius 1 is 1.30 bits per heavy atom. The Morgan fingerprint density at radius 3 is 2.91 bits per heavy atom. The average Bonchev–Trinajstić information content (AvgIpc) is 2.62. The van der Waals surface area contributed by atoms with Gasteiger partial charge in [0.05, 0.1) is 18.5 Å². The van der Waals surface area contributed by atoms with Crippen LogP contribution in [0, 0.1) is 5.92 Å². The van der Waals surface area contributed by atoms with Gasteiger partial charge in [0.25, 0.3) is 0 Å². The maximum absolute atomic E-state index is 9.26. The number of nitrogen functional groups attached to an aromatic ring is 1. The van der Waals surface area contributed by atoms with Crippen LogP contribution in [0.25, 0.3) is 11.3 Å². The van der Waals surface area contributed by atoms with Crippen molar-refractivity contribution in [3.63, 3.8) is 0 Å². The second kappa shape index (κ2) is 7.39. The molecule has 1 saturated heterocycles. The van der Waals surface area contributed by atoms with Gasteiger partial charge in [0.2, 0.25) is 0 Å². The van der Waals surface area contributed by atoms with Crippen molar-refractivity contribution in [2.75, 3.05) is 30.8 Å². The summed E-state index contributed by atoms with van der Waals surface area (Å²) in [5.41, 5.74) is 8.44. The van der Waals surface area contributed by atoms with E-state index in [1.165, 1.54) is 0 Å². The topological polar surface area (TPSA) is 93.3 Å². The van der Waals surface area contributed by atoms with E-state index in [9.17, 15) is 5.11 Å². The maximum atomic E-state index is 9.26. The summed E-state index contributed by atoms with van der Waals surface area (Å²) >= 11 is 0. The third-order valence-corrected chi connectivity index (χ3v) is 4.11. The third-order valence-electron chi connectivity index (χ3n) is 4.11. The van der Waals surface area contributed by atoms with Gasteiger partial charge in [-0.3, -0.25) is 0 Å². The largest absolute Gasteiger partial charge is 0.392 e. The number of hydrogen-bond donors (Lipinski definition) is 3. The van der Waals surface area contributed by atoms with Crippen LogP contribution in [-0.2, 0) is 11.3 Å². The molecule has 1 aliphatic heterocycles. The second-order valence-electron chi connectivity index (χ2n) is 5.78. The molecule has 2 heterocycles. The van der Waals surface area contributed by atoms with Crippen LogP contribution in [-0.4, -0.2) is 34.8 Å². The lowest BCUT2D eigenvalue weighted by Gasteiger charge is -2.22. The van der Waals surface area contributed by atoms with Crippen molar-refractivity contribution in [2.45, 2.75) is 19.4 Å². The highest BCUT2D eigenvalue weighted by atomic mass is 16.5. The van der Waals surface area contributed by atoms with Crippen molar-refractivity contribution in [2.24, 2.45) is 5.92 Å². The molecule has 1 aromatic carbocycles. The Morgan fingerprint density at radius 2 is 2.13 bits per heavy atom. The molecule has 0 radical (unpaired) electrons. The maximum Gasteiger partial charge on any atom is 0.169 e. The van der Waals surface area contributed by atoms with Crippen molar-refractivity contribution < 1.29 is 9.84 Å². The number of aliphatic hydroxyl groups is 1. The molecule has 0 saturated carbocycles. The van der Waals surface area contributed by atoms with Crippen LogP contribution in [0.4, 0.5) is 11.6 Å². The lowest BCUT2D eigenvalue weighted by Crippen LogP contribution is -2.23. The van der Waals surface area contributed by atoms with Crippen LogP contribution >= 0.6 is 0 Å². The SMILES string of the molecule is Nc1ncc(-c2cccc(CO)c2)nc1NCC1CCOCC1. The van der Waals surface area contributed by atoms with Gasteiger partial charge in [0, 0.05) is 25.3 Å². The molecule has 0 bridgehead atoms. The first kappa shape index (κ1) is 15.7. The molecule has 0 amide bonds. The minimum Gasteiger partial charge on any atom is -0.392 e. The summed E-state index contributed by atoms with van der Waals surface area (Å²) in [6.45, 7) is 2.47. The van der Waals surface area contributed by atoms with Crippen molar-refractivity contribution in [3.8, 4) is 11.3 Å². The summed E-state index contributed by atoms with van der Waals surface area (Å²) in [7, 11) is 0. The highest BCUT2D eigenvalue weighted by Crippen LogP contribution is 2.23. The molecule has 6 heteroatoms. The van der Waals surface area contributed by atoms with Gasteiger partial charge in [0.1, 0.15) is 0 Å². The van der Waals surface area contributed by atoms with E-state index in [1.54, 1.807) is 6.20 Å². The molecule has 6 nitrogen and oxygen atoms in total. The lowest BCUT2D eigenvalue weighted by molar-refractivity contribution is 0.0699. The van der Waals surface area contributed by atoms with E-state index in [0.29, 0.717) is 17.6 Å². The Balaban J connectivity index is 1.75. The van der Waals surface area contributed by atoms with Crippen molar-refractivity contribution in [3.05, 3.63) is 36.0 Å². The minimum atomic E-state index is 0.00506. The van der Waals surface area contributed by atoms with Crippen molar-refractivity contribution >= 4 is 11.6 Å². The molecule has 0 unspecified atom stereocenters. The lowest BCUT2D eigenvalue weighted by atomic mass is 10.0. The Labute approximate surface area is 135 Å². The fourth-order valence-corrected chi connectivity index (χ4v) is 2.69. The van der Waals surface area contributed by atoms with Crippen LogP contribution in [0.3, 0.4) is 0 Å². The van der Waals surface area contributed by atoms with E-state index < -0.39 is 0 Å². The highest BCUT2D eigenvalue weighted by Gasteiger charge is 2.15. The van der Waals surface area contributed by atoms with E-state index in [4.69, 9.17) is 10.5 Å². The molecular weight excluding hydrogens is 292 g/mol. The third kappa shape index (κ3) is 3.97. The number of ether oxygens (including phenoxy) is 1. The number of aliphatic hydroxyl groups excluding tert-OH is 1. The van der Waals surface area contributed by atoms with E-state index >= 15 is 0 Å². The van der Waals surface area contributed by atoms with Gasteiger partial charge >= 0.3 is 0 Å². The fraction of sp³-hybridized carbons (Fsp3) is 0.412. The summed E-state index contributed by atoms with van der Waals surface area (Å²) in [5.74, 6) is 1.59. The smallest absolute Gasteiger partial charge is 0.169 e. The van der Waals surface area contributed by atoms with Crippen molar-refractivity contribution in [1.82, 2.24) is 9.97 Å². The standard InChI is InChI=1S/C17H22N4O2/c18-16-17(20-9-12-4-6-23-7-5-12)21-15(10-19-16)14-3-1-2-13(8-14)11-22/h1-3,8,10,12,22H,4-7,9,11H2,(H2,18,19)(H,20,21). The van der Waals surface area contributed by atoms with Crippen LogP contribution in [0.15, 0.2) is 30.5 Å². The van der Waals surface area contributed by atoms with Gasteiger partial charge in [-0.05, 0) is 30.4 Å². The van der Waals surface area contributed by atoms with E-state index in [0.717, 1.165) is 49.4 Å². The Kier molecular flexibility index (Phi) is 5.05. The van der Waals surface area contributed by atoms with E-state index in [1.807, 2.05) is 24.3 Å². The van der Waals surface area contributed by atoms with E-state index in [-0.39, 0.29) is 6.61 Å². The Hall–Kier alpha value is -2.18. The van der Waals surface area contributed by atoms with E-state index in [2.05, 4.69) is 15.3 Å². The molecule has 23 heavy (non-hydrogen) atoms. The predicted octanol–water partition coefficient (Wildman–Crippen LogP) is 2.06. The number of nitrogens with one attached hydrogen (secondary N) is 1. The molecule has 1 fully saturated rings. The van der Waals surface area contributed by atoms with Crippen LogP contribution in [0.2, 0.25) is 0 Å². The molecule has 1 aromatic heterocycles. The Bertz CT molecular complexity index is 657. The summed E-state index contributed by atoms with van der Waals surface area (Å²) < 4.78 is 5.37. The first-order chi connectivity index (χ1) is 11.3. The summed E-state index contributed by atoms with van der Waals surface area (Å²) in [6.07, 6.45) is 3.77. The molecular formula is C17H22N4O2. The quantitative estimate of drug-likeness (QED) is 0.782. The van der Waals surface area contributed by atoms with Gasteiger partial charge in [-0.15, -0.1) is 0 Å². The molecule has 0 atom stereocenters. The van der Waals surface area contributed by atoms with Crippen LogP contribution in [0.5, 0.6) is 0 Å². The highest BCUT2D eigenvalue weighted by molar-refractivity contribution is 5.65. The van der Waals surface area contributed by atoms with Crippen LogP contribution < -0.4 is 11.1 Å². The summed E-state index contributed by atoms with van der Waals surface area (Å²) in [4.78, 5) is 8.83. The zero-order valence-corrected chi connectivity index (χ0v) is 13.0. The minimum absolute atomic E-state index is 0.00506. The van der Waals surface area contributed by atoms with Gasteiger partial charge in [-0.25, -0.2) is 9.97 Å². The fourth-order valence-electron chi connectivity index (χ4n) is 2.69. The first-order valence-electron chi connectivity index (χ1n) is 7.90. The molecule has 0 spiro atoms. The summed E-state index contributed by atoms with van der Waals surface area (Å²) in [6, 6.07) is 7.62. The number of nitrogens with two attached hydrogens (primary N) is 1. The molecule has 1 aliphatic rings. The molecule has 2 aromatic rings. The molecule has 122 valence electrons. The number of benzene rings is 1. The van der Waals surface area contributed by atoms with Gasteiger partial charge in [-0.1, -0.05) is 18.2 Å². The van der Waals surface area contributed by atoms with Crippen molar-refractivity contribution in [1.29, 1.82) is 0 Å². The van der Waals surface area contributed by atoms with Crippen LogP contribution in [0.1, 0.15) is 18.4 Å². The molecule has 4 N–H and O–H groups in total. The van der Waals surface area contributed by atoms with Gasteiger partial charge in [0.15, 0.2) is 11.6 Å². The predicted molar refractivity (Wildman–Crippen MR) is 89.8 cm³/mol. The normalized spacial score (nSPS) is 15.5. The number of nitrogens with zero attached hydrogens (tertiary/aromatic N) is 2. The second-order valence-corrected chi connectivity index (χ2v) is 5.78. The number of hydrogen-bond acceptors (Lipinski definition) is 6. The zero-order valence-electron chi connectivity index (χ0n) is 13.0. The number of aromatic nitrogens is 2. The molecule has 0 aliphatic carbocycles. The average molecular weight is 314 g/mol. The number of anilines is 2. The van der Waals surface area contributed by atoms with Gasteiger partial charge < -0.3 is 20.9 Å².